The molecule has 0 radical (unpaired) electrons. The van der Waals surface area contributed by atoms with Crippen LogP contribution in [0.2, 0.25) is 0 Å². The van der Waals surface area contributed by atoms with Crippen LogP contribution < -0.4 is 10.2 Å². The van der Waals surface area contributed by atoms with Gasteiger partial charge in [0.1, 0.15) is 18.5 Å². The van der Waals surface area contributed by atoms with Crippen molar-refractivity contribution in [1.82, 2.24) is 20.1 Å². The van der Waals surface area contributed by atoms with Crippen LogP contribution in [-0.4, -0.2) is 40.4 Å². The highest BCUT2D eigenvalue weighted by Gasteiger charge is 2.21. The molecule has 1 aromatic carbocycles. The molecule has 2 heterocycles. The number of hydrogen-bond acceptors (Lipinski definition) is 4. The number of aromatic nitrogens is 3. The van der Waals surface area contributed by atoms with Gasteiger partial charge in [0.05, 0.1) is 6.54 Å². The van der Waals surface area contributed by atoms with Gasteiger partial charge in [-0.25, -0.2) is 9.37 Å². The summed E-state index contributed by atoms with van der Waals surface area (Å²) < 4.78 is 14.7. The molecule has 0 spiro atoms. The summed E-state index contributed by atoms with van der Waals surface area (Å²) in [6.07, 6.45) is 4.38. The summed E-state index contributed by atoms with van der Waals surface area (Å²) in [6.45, 7) is 3.67. The average molecular weight is 275 g/mol. The van der Waals surface area contributed by atoms with Crippen LogP contribution in [0.25, 0.3) is 0 Å². The van der Waals surface area contributed by atoms with Gasteiger partial charge in [-0.1, -0.05) is 0 Å². The van der Waals surface area contributed by atoms with Gasteiger partial charge in [0.25, 0.3) is 0 Å². The molecule has 6 heteroatoms. The van der Waals surface area contributed by atoms with Crippen molar-refractivity contribution in [3.63, 3.8) is 0 Å². The van der Waals surface area contributed by atoms with Crippen molar-refractivity contribution in [3.8, 4) is 0 Å². The van der Waals surface area contributed by atoms with Crippen molar-refractivity contribution in [2.45, 2.75) is 19.0 Å². The molecule has 5 nitrogen and oxygen atoms in total. The van der Waals surface area contributed by atoms with Gasteiger partial charge >= 0.3 is 0 Å². The largest absolute Gasteiger partial charge is 0.370 e. The van der Waals surface area contributed by atoms with E-state index in [0.717, 1.165) is 38.3 Å². The third-order valence-electron chi connectivity index (χ3n) is 3.62. The lowest BCUT2D eigenvalue weighted by Gasteiger charge is -2.19. The van der Waals surface area contributed by atoms with E-state index >= 15 is 0 Å². The Bertz CT molecular complexity index is 525. The third kappa shape index (κ3) is 3.14. The quantitative estimate of drug-likeness (QED) is 0.893. The molecule has 0 unspecified atom stereocenters. The Kier molecular flexibility index (Phi) is 3.92. The van der Waals surface area contributed by atoms with Crippen LogP contribution in [0.3, 0.4) is 0 Å². The summed E-state index contributed by atoms with van der Waals surface area (Å²) in [5.41, 5.74) is 1.09. The molecule has 20 heavy (non-hydrogen) atoms. The van der Waals surface area contributed by atoms with Crippen molar-refractivity contribution in [1.29, 1.82) is 0 Å². The molecule has 1 aliphatic rings. The minimum Gasteiger partial charge on any atom is -0.370 e. The van der Waals surface area contributed by atoms with Crippen LogP contribution in [-0.2, 0) is 6.54 Å². The number of nitrogens with zero attached hydrogens (tertiary/aromatic N) is 4. The molecule has 106 valence electrons. The third-order valence-corrected chi connectivity index (χ3v) is 3.62. The molecule has 0 aliphatic carbocycles. The van der Waals surface area contributed by atoms with E-state index in [1.54, 1.807) is 12.7 Å². The molecule has 3 rings (SSSR count). The second-order valence-corrected chi connectivity index (χ2v) is 5.02. The zero-order chi connectivity index (χ0) is 13.8. The summed E-state index contributed by atoms with van der Waals surface area (Å²) in [5.74, 6) is -0.185. The van der Waals surface area contributed by atoms with Gasteiger partial charge in [-0.2, -0.15) is 5.10 Å². The van der Waals surface area contributed by atoms with Crippen molar-refractivity contribution in [2.75, 3.05) is 24.5 Å². The minimum absolute atomic E-state index is 0.185. The van der Waals surface area contributed by atoms with E-state index in [1.807, 2.05) is 16.8 Å². The molecular weight excluding hydrogens is 257 g/mol. The van der Waals surface area contributed by atoms with Crippen molar-refractivity contribution in [2.24, 2.45) is 0 Å². The first-order valence-electron chi connectivity index (χ1n) is 6.87. The van der Waals surface area contributed by atoms with Crippen LogP contribution in [0.4, 0.5) is 10.1 Å². The second-order valence-electron chi connectivity index (χ2n) is 5.02. The van der Waals surface area contributed by atoms with Crippen LogP contribution in [0, 0.1) is 5.82 Å². The van der Waals surface area contributed by atoms with E-state index in [-0.39, 0.29) is 5.82 Å². The fourth-order valence-corrected chi connectivity index (χ4v) is 2.54. The molecule has 1 saturated heterocycles. The topological polar surface area (TPSA) is 46.0 Å². The van der Waals surface area contributed by atoms with Crippen LogP contribution in [0.15, 0.2) is 36.9 Å². The molecule has 2 aromatic rings. The van der Waals surface area contributed by atoms with Gasteiger partial charge in [0, 0.05) is 31.4 Å². The normalized spacial score (nSPS) is 18.6. The SMILES string of the molecule is Fc1ccc(N2CC[C@H](NCCn3cncn3)C2)cc1. The molecular formula is C14H18FN5. The number of hydrogen-bond donors (Lipinski definition) is 1. The Balaban J connectivity index is 1.46. The van der Waals surface area contributed by atoms with Crippen molar-refractivity contribution < 1.29 is 4.39 Å². The molecule has 1 fully saturated rings. The second kappa shape index (κ2) is 6.00. The smallest absolute Gasteiger partial charge is 0.137 e. The van der Waals surface area contributed by atoms with Gasteiger partial charge in [-0.05, 0) is 30.7 Å². The summed E-state index contributed by atoms with van der Waals surface area (Å²) >= 11 is 0. The Hall–Kier alpha value is -1.95. The first-order valence-corrected chi connectivity index (χ1v) is 6.87. The zero-order valence-electron chi connectivity index (χ0n) is 11.2. The van der Waals surface area contributed by atoms with E-state index in [9.17, 15) is 4.39 Å². The lowest BCUT2D eigenvalue weighted by atomic mass is 10.2. The molecule has 0 bridgehead atoms. The monoisotopic (exact) mass is 275 g/mol. The van der Waals surface area contributed by atoms with E-state index < -0.39 is 0 Å². The number of nitrogens with one attached hydrogen (secondary N) is 1. The standard InChI is InChI=1S/C14H18FN5/c15-12-1-3-14(4-2-12)19-7-5-13(9-19)17-6-8-20-11-16-10-18-20/h1-4,10-11,13,17H,5-9H2/t13-/m0/s1. The Labute approximate surface area is 117 Å². The van der Waals surface area contributed by atoms with Gasteiger partial charge < -0.3 is 10.2 Å². The molecule has 0 amide bonds. The summed E-state index contributed by atoms with van der Waals surface area (Å²) in [4.78, 5) is 6.20. The average Bonchev–Trinajstić information content (AvgIpc) is 3.11. The van der Waals surface area contributed by atoms with E-state index in [2.05, 4.69) is 20.3 Å². The van der Waals surface area contributed by atoms with E-state index in [4.69, 9.17) is 0 Å². The van der Waals surface area contributed by atoms with E-state index in [1.165, 1.54) is 12.1 Å². The van der Waals surface area contributed by atoms with Crippen LogP contribution in [0.1, 0.15) is 6.42 Å². The van der Waals surface area contributed by atoms with Gasteiger partial charge in [0.2, 0.25) is 0 Å². The van der Waals surface area contributed by atoms with Crippen molar-refractivity contribution >= 4 is 5.69 Å². The number of halogens is 1. The summed E-state index contributed by atoms with van der Waals surface area (Å²) in [7, 11) is 0. The lowest BCUT2D eigenvalue weighted by molar-refractivity contribution is 0.496. The maximum absolute atomic E-state index is 12.9. The van der Waals surface area contributed by atoms with Crippen LogP contribution >= 0.6 is 0 Å². The molecule has 1 atom stereocenters. The highest BCUT2D eigenvalue weighted by atomic mass is 19.1. The lowest BCUT2D eigenvalue weighted by Crippen LogP contribution is -2.34. The summed E-state index contributed by atoms with van der Waals surface area (Å²) in [6, 6.07) is 7.19. The first-order chi connectivity index (χ1) is 9.81. The van der Waals surface area contributed by atoms with Gasteiger partial charge in [-0.15, -0.1) is 0 Å². The van der Waals surface area contributed by atoms with Gasteiger partial charge in [-0.3, -0.25) is 4.68 Å². The maximum atomic E-state index is 12.9. The zero-order valence-corrected chi connectivity index (χ0v) is 11.2. The van der Waals surface area contributed by atoms with Crippen molar-refractivity contribution in [3.05, 3.63) is 42.7 Å². The van der Waals surface area contributed by atoms with Crippen LogP contribution in [0.5, 0.6) is 0 Å². The molecule has 1 N–H and O–H groups in total. The maximum Gasteiger partial charge on any atom is 0.137 e. The number of rotatable bonds is 5. The first kappa shape index (κ1) is 13.1. The predicted octanol–water partition coefficient (Wildman–Crippen LogP) is 1.29. The summed E-state index contributed by atoms with van der Waals surface area (Å²) in [5, 5.41) is 7.60. The molecule has 1 aliphatic heterocycles. The highest BCUT2D eigenvalue weighted by molar-refractivity contribution is 5.47. The number of anilines is 1. The number of benzene rings is 1. The fraction of sp³-hybridized carbons (Fsp3) is 0.429. The van der Waals surface area contributed by atoms with Gasteiger partial charge in [0.15, 0.2) is 0 Å². The fourth-order valence-electron chi connectivity index (χ4n) is 2.54. The Morgan fingerprint density at radius 2 is 2.15 bits per heavy atom. The highest BCUT2D eigenvalue weighted by Crippen LogP contribution is 2.20. The van der Waals surface area contributed by atoms with E-state index in [0.29, 0.717) is 6.04 Å². The minimum atomic E-state index is -0.185. The molecule has 0 saturated carbocycles. The molecule has 1 aromatic heterocycles. The Morgan fingerprint density at radius 1 is 1.30 bits per heavy atom. The Morgan fingerprint density at radius 3 is 2.90 bits per heavy atom. The predicted molar refractivity (Wildman–Crippen MR) is 75.0 cm³/mol.